The lowest BCUT2D eigenvalue weighted by Gasteiger charge is -2.16. The summed E-state index contributed by atoms with van der Waals surface area (Å²) in [6.45, 7) is 6.77. The minimum Gasteiger partial charge on any atom is -0.299 e. The highest BCUT2D eigenvalue weighted by Crippen LogP contribution is 2.21. The predicted octanol–water partition coefficient (Wildman–Crippen LogP) is 3.35. The summed E-state index contributed by atoms with van der Waals surface area (Å²) in [7, 11) is 0. The average molecular weight is 168 g/mol. The van der Waals surface area contributed by atoms with Crippen LogP contribution in [-0.2, 0) is 4.79 Å². The van der Waals surface area contributed by atoms with E-state index in [1.54, 1.807) is 6.08 Å². The first-order valence-corrected chi connectivity index (χ1v) is 4.66. The molecule has 0 aromatic rings. The quantitative estimate of drug-likeness (QED) is 0.349. The summed E-state index contributed by atoms with van der Waals surface area (Å²) in [4.78, 5) is 9.91. The van der Waals surface area contributed by atoms with Crippen LogP contribution in [0.3, 0.4) is 0 Å². The lowest BCUT2D eigenvalue weighted by atomic mass is 9.89. The first kappa shape index (κ1) is 11.4. The van der Waals surface area contributed by atoms with Gasteiger partial charge in [-0.05, 0) is 30.8 Å². The third kappa shape index (κ3) is 9.41. The summed E-state index contributed by atoms with van der Waals surface area (Å²) in [5, 5.41) is 0. The van der Waals surface area contributed by atoms with E-state index in [2.05, 4.69) is 20.8 Å². The molecule has 12 heavy (non-hydrogen) atoms. The van der Waals surface area contributed by atoms with E-state index in [9.17, 15) is 4.79 Å². The van der Waals surface area contributed by atoms with E-state index in [-0.39, 0.29) is 0 Å². The lowest BCUT2D eigenvalue weighted by molar-refractivity contribution is -0.104. The zero-order valence-corrected chi connectivity index (χ0v) is 8.47. The van der Waals surface area contributed by atoms with Crippen LogP contribution in [0.25, 0.3) is 0 Å². The Kier molecular flexibility index (Phi) is 5.69. The molecule has 0 aromatic carbocycles. The highest BCUT2D eigenvalue weighted by atomic mass is 16.1. The fourth-order valence-corrected chi connectivity index (χ4v) is 1.07. The van der Waals surface area contributed by atoms with Crippen LogP contribution in [-0.4, -0.2) is 6.29 Å². The number of allylic oxidation sites excluding steroid dienone is 2. The molecule has 0 amide bonds. The maximum Gasteiger partial charge on any atom is 0.142 e. The van der Waals surface area contributed by atoms with Gasteiger partial charge in [-0.25, -0.2) is 0 Å². The van der Waals surface area contributed by atoms with Gasteiger partial charge in [0.2, 0.25) is 0 Å². The van der Waals surface area contributed by atoms with E-state index in [0.717, 1.165) is 12.7 Å². The molecule has 0 spiro atoms. The molecule has 0 saturated carbocycles. The number of carbonyl (C=O) groups is 1. The Morgan fingerprint density at radius 1 is 1.17 bits per heavy atom. The van der Waals surface area contributed by atoms with Gasteiger partial charge >= 0.3 is 0 Å². The van der Waals surface area contributed by atoms with Crippen molar-refractivity contribution in [3.05, 3.63) is 12.2 Å². The lowest BCUT2D eigenvalue weighted by Crippen LogP contribution is -2.03. The molecule has 0 rings (SSSR count). The molecule has 0 unspecified atom stereocenters. The van der Waals surface area contributed by atoms with Gasteiger partial charge in [0.25, 0.3) is 0 Å². The van der Waals surface area contributed by atoms with Crippen molar-refractivity contribution in [2.24, 2.45) is 5.41 Å². The molecule has 0 aliphatic rings. The second kappa shape index (κ2) is 5.99. The number of hydrogen-bond acceptors (Lipinski definition) is 1. The molecular formula is C11H20O. The Hall–Kier alpha value is -0.590. The molecule has 1 heteroatoms. The first-order valence-electron chi connectivity index (χ1n) is 4.66. The molecule has 0 atom stereocenters. The van der Waals surface area contributed by atoms with Crippen molar-refractivity contribution in [1.29, 1.82) is 0 Å². The second-order valence-electron chi connectivity index (χ2n) is 4.37. The molecule has 0 aliphatic carbocycles. The Morgan fingerprint density at radius 3 is 2.33 bits per heavy atom. The van der Waals surface area contributed by atoms with Crippen LogP contribution < -0.4 is 0 Å². The maximum absolute atomic E-state index is 9.91. The largest absolute Gasteiger partial charge is 0.299 e. The second-order valence-corrected chi connectivity index (χ2v) is 4.37. The van der Waals surface area contributed by atoms with Gasteiger partial charge in [0, 0.05) is 0 Å². The summed E-state index contributed by atoms with van der Waals surface area (Å²) < 4.78 is 0. The Morgan fingerprint density at radius 2 is 1.83 bits per heavy atom. The topological polar surface area (TPSA) is 17.1 Å². The van der Waals surface area contributed by atoms with Crippen LogP contribution in [0, 0.1) is 5.41 Å². The van der Waals surface area contributed by atoms with E-state index in [1.165, 1.54) is 19.3 Å². The minimum absolute atomic E-state index is 0.453. The van der Waals surface area contributed by atoms with Gasteiger partial charge < -0.3 is 0 Å². The standard InChI is InChI=1S/C11H20O/c1-11(2,3)9-7-5-4-6-8-10-12/h6,8,10H,4-5,7,9H2,1-3H3. The van der Waals surface area contributed by atoms with Gasteiger partial charge in [0.05, 0.1) is 0 Å². The van der Waals surface area contributed by atoms with Crippen LogP contribution >= 0.6 is 0 Å². The molecule has 70 valence electrons. The first-order chi connectivity index (χ1) is 5.56. The SMILES string of the molecule is CC(C)(C)CCCCC=CC=O. The Bertz CT molecular complexity index is 140. The summed E-state index contributed by atoms with van der Waals surface area (Å²) in [6.07, 6.45) is 9.11. The highest BCUT2D eigenvalue weighted by molar-refractivity contribution is 5.64. The van der Waals surface area contributed by atoms with Crippen molar-refractivity contribution in [3.63, 3.8) is 0 Å². The molecule has 0 saturated heterocycles. The van der Waals surface area contributed by atoms with Crippen molar-refractivity contribution in [3.8, 4) is 0 Å². The molecule has 0 fully saturated rings. The molecule has 0 aliphatic heterocycles. The summed E-state index contributed by atoms with van der Waals surface area (Å²) in [6, 6.07) is 0. The maximum atomic E-state index is 9.91. The number of rotatable bonds is 5. The fraction of sp³-hybridized carbons (Fsp3) is 0.727. The summed E-state index contributed by atoms with van der Waals surface area (Å²) >= 11 is 0. The third-order valence-corrected chi connectivity index (χ3v) is 1.76. The summed E-state index contributed by atoms with van der Waals surface area (Å²) in [5.41, 5.74) is 0.453. The Balaban J connectivity index is 3.22. The molecule has 0 radical (unpaired) electrons. The van der Waals surface area contributed by atoms with Crippen molar-refractivity contribution < 1.29 is 4.79 Å². The van der Waals surface area contributed by atoms with E-state index in [4.69, 9.17) is 0 Å². The predicted molar refractivity (Wildman–Crippen MR) is 53.1 cm³/mol. The van der Waals surface area contributed by atoms with Gasteiger partial charge in [-0.2, -0.15) is 0 Å². The number of hydrogen-bond donors (Lipinski definition) is 0. The van der Waals surface area contributed by atoms with E-state index < -0.39 is 0 Å². The van der Waals surface area contributed by atoms with E-state index in [0.29, 0.717) is 5.41 Å². The van der Waals surface area contributed by atoms with Crippen LogP contribution in [0.4, 0.5) is 0 Å². The number of aldehydes is 1. The third-order valence-electron chi connectivity index (χ3n) is 1.76. The molecule has 1 nitrogen and oxygen atoms in total. The van der Waals surface area contributed by atoms with E-state index >= 15 is 0 Å². The van der Waals surface area contributed by atoms with Gasteiger partial charge in [0.1, 0.15) is 6.29 Å². The zero-order valence-electron chi connectivity index (χ0n) is 8.47. The molecule has 0 N–H and O–H groups in total. The van der Waals surface area contributed by atoms with Crippen molar-refractivity contribution >= 4 is 6.29 Å². The van der Waals surface area contributed by atoms with Crippen LogP contribution in [0.5, 0.6) is 0 Å². The number of carbonyl (C=O) groups excluding carboxylic acids is 1. The minimum atomic E-state index is 0.453. The van der Waals surface area contributed by atoms with Crippen molar-refractivity contribution in [2.75, 3.05) is 0 Å². The molecule has 0 bridgehead atoms. The Labute approximate surface area is 75.9 Å². The molecule has 0 aromatic heterocycles. The normalized spacial score (nSPS) is 12.2. The highest BCUT2D eigenvalue weighted by Gasteiger charge is 2.07. The van der Waals surface area contributed by atoms with Crippen LogP contribution in [0.2, 0.25) is 0 Å². The average Bonchev–Trinajstić information content (AvgIpc) is 1.94. The zero-order chi connectivity index (χ0) is 9.45. The van der Waals surface area contributed by atoms with Crippen LogP contribution in [0.1, 0.15) is 46.5 Å². The molecule has 0 heterocycles. The van der Waals surface area contributed by atoms with Gasteiger partial charge in [-0.3, -0.25) is 4.79 Å². The summed E-state index contributed by atoms with van der Waals surface area (Å²) in [5.74, 6) is 0. The fourth-order valence-electron chi connectivity index (χ4n) is 1.07. The van der Waals surface area contributed by atoms with Gasteiger partial charge in [-0.1, -0.05) is 33.3 Å². The van der Waals surface area contributed by atoms with Crippen molar-refractivity contribution in [2.45, 2.75) is 46.5 Å². The number of unbranched alkanes of at least 4 members (excludes halogenated alkanes) is 2. The van der Waals surface area contributed by atoms with E-state index in [1.807, 2.05) is 6.08 Å². The monoisotopic (exact) mass is 168 g/mol. The van der Waals surface area contributed by atoms with Gasteiger partial charge in [0.15, 0.2) is 0 Å². The van der Waals surface area contributed by atoms with Gasteiger partial charge in [-0.15, -0.1) is 0 Å². The molecular weight excluding hydrogens is 148 g/mol. The van der Waals surface area contributed by atoms with Crippen molar-refractivity contribution in [1.82, 2.24) is 0 Å². The smallest absolute Gasteiger partial charge is 0.142 e. The van der Waals surface area contributed by atoms with Crippen LogP contribution in [0.15, 0.2) is 12.2 Å².